The topological polar surface area (TPSA) is 64.7 Å². The van der Waals surface area contributed by atoms with Crippen LogP contribution in [0.4, 0.5) is 5.69 Å². The highest BCUT2D eigenvalue weighted by atomic mass is 35.5. The molecule has 1 fully saturated rings. The van der Waals surface area contributed by atoms with Gasteiger partial charge < -0.3 is 10.6 Å². The first kappa shape index (κ1) is 22.7. The van der Waals surface area contributed by atoms with Gasteiger partial charge in [-0.15, -0.1) is 0 Å². The number of para-hydroxylation sites is 1. The maximum atomic E-state index is 12.2. The Balaban J connectivity index is 1.66. The van der Waals surface area contributed by atoms with Crippen LogP contribution in [0.25, 0.3) is 0 Å². The van der Waals surface area contributed by atoms with Crippen molar-refractivity contribution in [2.75, 3.05) is 44.6 Å². The van der Waals surface area contributed by atoms with E-state index < -0.39 is 0 Å². The molecule has 2 N–H and O–H groups in total. The zero-order chi connectivity index (χ0) is 20.5. The summed E-state index contributed by atoms with van der Waals surface area (Å²) in [6, 6.07) is 7.43. The van der Waals surface area contributed by atoms with Crippen molar-refractivity contribution in [1.29, 1.82) is 0 Å². The van der Waals surface area contributed by atoms with Gasteiger partial charge in [0.25, 0.3) is 0 Å². The van der Waals surface area contributed by atoms with Crippen LogP contribution in [-0.4, -0.2) is 66.9 Å². The average molecular weight is 409 g/mol. The van der Waals surface area contributed by atoms with Crippen LogP contribution in [0.1, 0.15) is 33.6 Å². The number of hydrogen-bond acceptors (Lipinski definition) is 4. The van der Waals surface area contributed by atoms with Crippen molar-refractivity contribution in [2.24, 2.45) is 5.92 Å². The molecule has 7 heteroatoms. The summed E-state index contributed by atoms with van der Waals surface area (Å²) in [5.74, 6) is 0.669. The van der Waals surface area contributed by atoms with E-state index in [1.54, 1.807) is 12.1 Å². The molecule has 1 aliphatic heterocycles. The number of nitrogens with one attached hydrogen (secondary N) is 2. The summed E-state index contributed by atoms with van der Waals surface area (Å²) in [5, 5.41) is 6.48. The minimum atomic E-state index is -0.0710. The number of halogens is 1. The van der Waals surface area contributed by atoms with E-state index in [1.165, 1.54) is 0 Å². The van der Waals surface area contributed by atoms with Crippen LogP contribution in [0.15, 0.2) is 24.3 Å². The summed E-state index contributed by atoms with van der Waals surface area (Å²) in [6.07, 6.45) is 2.13. The lowest BCUT2D eigenvalue weighted by Crippen LogP contribution is -2.51. The highest BCUT2D eigenvalue weighted by molar-refractivity contribution is 6.33. The first-order chi connectivity index (χ1) is 13.3. The molecule has 2 rings (SSSR count). The van der Waals surface area contributed by atoms with Gasteiger partial charge in [-0.2, -0.15) is 0 Å². The molecule has 0 bridgehead atoms. The second kappa shape index (κ2) is 11.4. The summed E-state index contributed by atoms with van der Waals surface area (Å²) < 4.78 is 0. The van der Waals surface area contributed by atoms with Crippen LogP contribution < -0.4 is 10.6 Å². The maximum absolute atomic E-state index is 12.2. The number of benzene rings is 1. The third-order valence-corrected chi connectivity index (χ3v) is 5.26. The number of hydrogen-bond donors (Lipinski definition) is 2. The van der Waals surface area contributed by atoms with Crippen LogP contribution in [-0.2, 0) is 9.59 Å². The molecule has 1 aliphatic rings. The molecule has 1 saturated heterocycles. The Morgan fingerprint density at radius 3 is 2.11 bits per heavy atom. The predicted molar refractivity (Wildman–Crippen MR) is 115 cm³/mol. The number of piperazine rings is 1. The molecular formula is C21H33ClN4O2. The summed E-state index contributed by atoms with van der Waals surface area (Å²) in [7, 11) is 0. The van der Waals surface area contributed by atoms with Crippen molar-refractivity contribution in [3.8, 4) is 0 Å². The van der Waals surface area contributed by atoms with Gasteiger partial charge in [0.05, 0.1) is 23.8 Å². The van der Waals surface area contributed by atoms with Crippen molar-refractivity contribution in [2.45, 2.75) is 39.7 Å². The standard InChI is InChI=1S/C21H33ClN4O2/c1-16(2)8-9-17(3)23-20(27)14-25-10-12-26(13-11-25)15-21(28)24-19-7-5-4-6-18(19)22/h4-7,16-17H,8-15H2,1-3H3,(H,23,27)(H,24,28)/t17-/m1/s1. The fourth-order valence-corrected chi connectivity index (χ4v) is 3.42. The maximum Gasteiger partial charge on any atom is 0.238 e. The number of amides is 2. The monoisotopic (exact) mass is 408 g/mol. The smallest absolute Gasteiger partial charge is 0.238 e. The van der Waals surface area contributed by atoms with E-state index in [0.717, 1.165) is 39.0 Å². The van der Waals surface area contributed by atoms with Gasteiger partial charge in [0.15, 0.2) is 0 Å². The number of carbonyl (C=O) groups excluding carboxylic acids is 2. The molecule has 0 aromatic heterocycles. The van der Waals surface area contributed by atoms with E-state index in [4.69, 9.17) is 11.6 Å². The Kier molecular flexibility index (Phi) is 9.22. The molecule has 1 atom stereocenters. The van der Waals surface area contributed by atoms with E-state index in [0.29, 0.717) is 29.7 Å². The van der Waals surface area contributed by atoms with Crippen LogP contribution in [0.2, 0.25) is 5.02 Å². The molecule has 0 radical (unpaired) electrons. The molecule has 2 amide bonds. The lowest BCUT2D eigenvalue weighted by atomic mass is 10.0. The first-order valence-electron chi connectivity index (χ1n) is 10.1. The van der Waals surface area contributed by atoms with Gasteiger partial charge in [0.2, 0.25) is 11.8 Å². The lowest BCUT2D eigenvalue weighted by molar-refractivity contribution is -0.124. The van der Waals surface area contributed by atoms with Gasteiger partial charge in [0.1, 0.15) is 0 Å². The van der Waals surface area contributed by atoms with Gasteiger partial charge >= 0.3 is 0 Å². The fourth-order valence-electron chi connectivity index (χ4n) is 3.24. The zero-order valence-corrected chi connectivity index (χ0v) is 18.0. The molecule has 0 spiro atoms. The second-order valence-electron chi connectivity index (χ2n) is 8.02. The average Bonchev–Trinajstić information content (AvgIpc) is 2.63. The van der Waals surface area contributed by atoms with Gasteiger partial charge in [-0.3, -0.25) is 19.4 Å². The Morgan fingerprint density at radius 2 is 1.54 bits per heavy atom. The quantitative estimate of drug-likeness (QED) is 0.659. The van der Waals surface area contributed by atoms with E-state index in [2.05, 4.69) is 41.2 Å². The van der Waals surface area contributed by atoms with Gasteiger partial charge in [0, 0.05) is 32.2 Å². The van der Waals surface area contributed by atoms with Crippen LogP contribution in [0, 0.1) is 5.92 Å². The van der Waals surface area contributed by atoms with Crippen LogP contribution in [0.5, 0.6) is 0 Å². The number of anilines is 1. The van der Waals surface area contributed by atoms with E-state index in [-0.39, 0.29) is 17.9 Å². The second-order valence-corrected chi connectivity index (χ2v) is 8.43. The van der Waals surface area contributed by atoms with Crippen molar-refractivity contribution in [1.82, 2.24) is 15.1 Å². The normalized spacial score (nSPS) is 16.8. The Hall–Kier alpha value is -1.63. The molecule has 1 aromatic rings. The molecule has 28 heavy (non-hydrogen) atoms. The van der Waals surface area contributed by atoms with E-state index in [1.807, 2.05) is 12.1 Å². The molecule has 1 aromatic carbocycles. The Labute approximate surface area is 173 Å². The van der Waals surface area contributed by atoms with Gasteiger partial charge in [-0.05, 0) is 37.8 Å². The highest BCUT2D eigenvalue weighted by Gasteiger charge is 2.21. The van der Waals surface area contributed by atoms with Gasteiger partial charge in [-0.1, -0.05) is 37.6 Å². The van der Waals surface area contributed by atoms with Crippen molar-refractivity contribution >= 4 is 29.1 Å². The number of rotatable bonds is 9. The van der Waals surface area contributed by atoms with Crippen molar-refractivity contribution < 1.29 is 9.59 Å². The third-order valence-electron chi connectivity index (χ3n) is 4.93. The van der Waals surface area contributed by atoms with Crippen molar-refractivity contribution in [3.05, 3.63) is 29.3 Å². The first-order valence-corrected chi connectivity index (χ1v) is 10.5. The summed E-state index contributed by atoms with van der Waals surface area (Å²) in [6.45, 7) is 10.3. The minimum Gasteiger partial charge on any atom is -0.353 e. The summed E-state index contributed by atoms with van der Waals surface area (Å²) in [5.41, 5.74) is 0.635. The zero-order valence-electron chi connectivity index (χ0n) is 17.2. The molecular weight excluding hydrogens is 376 g/mol. The largest absolute Gasteiger partial charge is 0.353 e. The summed E-state index contributed by atoms with van der Waals surface area (Å²) in [4.78, 5) is 28.7. The fraction of sp³-hybridized carbons (Fsp3) is 0.619. The molecule has 0 saturated carbocycles. The Morgan fingerprint density at radius 1 is 0.964 bits per heavy atom. The van der Waals surface area contributed by atoms with Crippen LogP contribution >= 0.6 is 11.6 Å². The molecule has 0 aliphatic carbocycles. The predicted octanol–water partition coefficient (Wildman–Crippen LogP) is 2.84. The highest BCUT2D eigenvalue weighted by Crippen LogP contribution is 2.20. The minimum absolute atomic E-state index is 0.0710. The number of carbonyl (C=O) groups is 2. The van der Waals surface area contributed by atoms with Gasteiger partial charge in [-0.25, -0.2) is 0 Å². The third kappa shape index (κ3) is 8.17. The Bertz CT molecular complexity index is 645. The summed E-state index contributed by atoms with van der Waals surface area (Å²) >= 11 is 6.08. The van der Waals surface area contributed by atoms with E-state index in [9.17, 15) is 9.59 Å². The molecule has 1 heterocycles. The molecule has 6 nitrogen and oxygen atoms in total. The van der Waals surface area contributed by atoms with E-state index >= 15 is 0 Å². The number of nitrogens with zero attached hydrogens (tertiary/aromatic N) is 2. The van der Waals surface area contributed by atoms with Crippen LogP contribution in [0.3, 0.4) is 0 Å². The molecule has 0 unspecified atom stereocenters. The SMILES string of the molecule is CC(C)CC[C@@H](C)NC(=O)CN1CCN(CC(=O)Nc2ccccc2Cl)CC1. The lowest BCUT2D eigenvalue weighted by Gasteiger charge is -2.34. The van der Waals surface area contributed by atoms with Crippen molar-refractivity contribution in [3.63, 3.8) is 0 Å². The molecule has 156 valence electrons.